The molecule has 0 aliphatic carbocycles. The first-order valence-electron chi connectivity index (χ1n) is 14.2. The van der Waals surface area contributed by atoms with Crippen molar-refractivity contribution in [2.75, 3.05) is 56.6 Å². The molecule has 3 aromatic rings. The Hall–Kier alpha value is -3.96. The minimum atomic E-state index is -4.05. The third kappa shape index (κ3) is 7.46. The van der Waals surface area contributed by atoms with Crippen LogP contribution in [0.2, 0.25) is 0 Å². The number of hydrogen-bond acceptors (Lipinski definition) is 7. The summed E-state index contributed by atoms with van der Waals surface area (Å²) in [6.07, 6.45) is 2.65. The fourth-order valence-electron chi connectivity index (χ4n) is 5.21. The van der Waals surface area contributed by atoms with Crippen molar-refractivity contribution in [3.8, 4) is 0 Å². The molecule has 0 radical (unpaired) electrons. The number of amides is 2. The van der Waals surface area contributed by atoms with Crippen LogP contribution in [-0.2, 0) is 19.6 Å². The quantitative estimate of drug-likeness (QED) is 0.245. The molecule has 1 aliphatic heterocycles. The smallest absolute Gasteiger partial charge is 0.243 e. The second-order valence-corrected chi connectivity index (χ2v) is 12.3. The van der Waals surface area contributed by atoms with E-state index in [1.165, 1.54) is 6.08 Å². The van der Waals surface area contributed by atoms with Crippen LogP contribution >= 0.6 is 0 Å². The Kier molecular flexibility index (Phi) is 10.2. The van der Waals surface area contributed by atoms with Crippen LogP contribution < -0.4 is 19.8 Å². The van der Waals surface area contributed by atoms with Crippen molar-refractivity contribution in [3.05, 3.63) is 72.9 Å². The Morgan fingerprint density at radius 1 is 1.00 bits per heavy atom. The molecule has 2 aromatic carbocycles. The number of anilines is 2. The summed E-state index contributed by atoms with van der Waals surface area (Å²) < 4.78 is 30.4. The lowest BCUT2D eigenvalue weighted by Crippen LogP contribution is -2.55. The van der Waals surface area contributed by atoms with E-state index in [1.54, 1.807) is 23.1 Å². The van der Waals surface area contributed by atoms with Crippen LogP contribution in [0.5, 0.6) is 0 Å². The number of hydrogen-bond donors (Lipinski definition) is 2. The van der Waals surface area contributed by atoms with Crippen LogP contribution in [0.3, 0.4) is 0 Å². The van der Waals surface area contributed by atoms with Gasteiger partial charge in [0.15, 0.2) is 0 Å². The fraction of sp³-hybridized carbons (Fsp3) is 0.387. The maximum absolute atomic E-state index is 13.8. The van der Waals surface area contributed by atoms with Gasteiger partial charge in [0.1, 0.15) is 11.9 Å². The maximum Gasteiger partial charge on any atom is 0.243 e. The van der Waals surface area contributed by atoms with E-state index in [4.69, 9.17) is 0 Å². The lowest BCUT2D eigenvalue weighted by molar-refractivity contribution is -0.133. The summed E-state index contributed by atoms with van der Waals surface area (Å²) in [6, 6.07) is 15.7. The predicted octanol–water partition coefficient (Wildman–Crippen LogP) is 3.08. The Morgan fingerprint density at radius 3 is 2.38 bits per heavy atom. The van der Waals surface area contributed by atoms with Crippen molar-refractivity contribution in [3.63, 3.8) is 0 Å². The highest BCUT2D eigenvalue weighted by Crippen LogP contribution is 2.30. The van der Waals surface area contributed by atoms with Gasteiger partial charge < -0.3 is 20.0 Å². The standard InChI is InChI=1S/C31H40N6O4S/c1-5-30(38)32-18-7-6-14-26(31(39)37-21-19-36(20-22-37)29-17-8-11-23(2)33-29)34-42(40,41)28-16-10-12-24-25(28)13-9-15-27(24)35(3)4/h5,8-13,15-17,26,34H,1,6-7,14,18-22H2,2-4H3,(H,32,38)/t26-/m0/s1. The molecule has 0 spiro atoms. The zero-order chi connectivity index (χ0) is 30.3. The third-order valence-corrected chi connectivity index (χ3v) is 8.95. The van der Waals surface area contributed by atoms with Gasteiger partial charge in [0.05, 0.1) is 4.90 Å². The lowest BCUT2D eigenvalue weighted by Gasteiger charge is -2.37. The molecule has 2 N–H and O–H groups in total. The Labute approximate surface area is 248 Å². The summed E-state index contributed by atoms with van der Waals surface area (Å²) in [5, 5.41) is 4.13. The molecule has 2 amide bonds. The summed E-state index contributed by atoms with van der Waals surface area (Å²) in [5.41, 5.74) is 1.83. The van der Waals surface area contributed by atoms with E-state index < -0.39 is 16.1 Å². The molecular formula is C31H40N6O4S. The molecule has 224 valence electrons. The molecule has 1 fully saturated rings. The number of carbonyl (C=O) groups is 2. The Bertz CT molecular complexity index is 1530. The van der Waals surface area contributed by atoms with Gasteiger partial charge >= 0.3 is 0 Å². The van der Waals surface area contributed by atoms with E-state index in [0.29, 0.717) is 57.4 Å². The minimum Gasteiger partial charge on any atom is -0.377 e. The summed E-state index contributed by atoms with van der Waals surface area (Å²) in [4.78, 5) is 35.8. The highest BCUT2D eigenvalue weighted by molar-refractivity contribution is 7.89. The zero-order valence-electron chi connectivity index (χ0n) is 24.5. The fourth-order valence-corrected chi connectivity index (χ4v) is 6.66. The molecule has 2 heterocycles. The minimum absolute atomic E-state index is 0.134. The zero-order valence-corrected chi connectivity index (χ0v) is 25.4. The van der Waals surface area contributed by atoms with Gasteiger partial charge in [0.25, 0.3) is 0 Å². The summed E-state index contributed by atoms with van der Waals surface area (Å²) in [6.45, 7) is 7.93. The molecule has 0 saturated carbocycles. The number of fused-ring (bicyclic) bond motifs is 1. The normalized spacial score (nSPS) is 14.5. The van der Waals surface area contributed by atoms with E-state index in [2.05, 4.69) is 26.5 Å². The molecule has 11 heteroatoms. The van der Waals surface area contributed by atoms with E-state index >= 15 is 0 Å². The van der Waals surface area contributed by atoms with Crippen LogP contribution in [0.1, 0.15) is 25.0 Å². The second kappa shape index (κ2) is 13.8. The molecule has 1 saturated heterocycles. The molecule has 1 atom stereocenters. The highest BCUT2D eigenvalue weighted by atomic mass is 32.2. The number of pyridine rings is 1. The first-order chi connectivity index (χ1) is 20.1. The number of nitrogens with zero attached hydrogens (tertiary/aromatic N) is 4. The van der Waals surface area contributed by atoms with Gasteiger partial charge in [0.2, 0.25) is 21.8 Å². The number of benzene rings is 2. The van der Waals surface area contributed by atoms with Crippen molar-refractivity contribution < 1.29 is 18.0 Å². The van der Waals surface area contributed by atoms with E-state index in [1.807, 2.05) is 62.3 Å². The average molecular weight is 593 g/mol. The van der Waals surface area contributed by atoms with Crippen molar-refractivity contribution in [1.29, 1.82) is 0 Å². The first-order valence-corrected chi connectivity index (χ1v) is 15.7. The van der Waals surface area contributed by atoms with Crippen molar-refractivity contribution >= 4 is 44.1 Å². The monoisotopic (exact) mass is 592 g/mol. The number of aryl methyl sites for hydroxylation is 1. The third-order valence-electron chi connectivity index (χ3n) is 7.42. The molecule has 1 aliphatic rings. The number of piperazine rings is 1. The highest BCUT2D eigenvalue weighted by Gasteiger charge is 2.32. The van der Waals surface area contributed by atoms with Crippen LogP contribution in [0, 0.1) is 6.92 Å². The number of aromatic nitrogens is 1. The molecular weight excluding hydrogens is 552 g/mol. The van der Waals surface area contributed by atoms with Crippen LogP contribution in [-0.4, -0.2) is 83.0 Å². The van der Waals surface area contributed by atoms with Crippen molar-refractivity contribution in [2.24, 2.45) is 0 Å². The average Bonchev–Trinajstić information content (AvgIpc) is 2.99. The second-order valence-electron chi connectivity index (χ2n) is 10.6. The predicted molar refractivity (Wildman–Crippen MR) is 167 cm³/mol. The SMILES string of the molecule is C=CC(=O)NCCCC[C@H](NS(=O)(=O)c1cccc2c(N(C)C)cccc12)C(=O)N1CCN(c2cccc(C)n2)CC1. The maximum atomic E-state index is 13.8. The van der Waals surface area contributed by atoms with Crippen LogP contribution in [0.4, 0.5) is 11.5 Å². The van der Waals surface area contributed by atoms with Gasteiger partial charge in [-0.3, -0.25) is 9.59 Å². The number of carbonyl (C=O) groups excluding carboxylic acids is 2. The molecule has 4 rings (SSSR count). The van der Waals surface area contributed by atoms with Gasteiger partial charge in [-0.1, -0.05) is 36.9 Å². The number of unbranched alkanes of at least 4 members (excludes halogenated alkanes) is 1. The lowest BCUT2D eigenvalue weighted by atomic mass is 10.1. The Balaban J connectivity index is 1.53. The topological polar surface area (TPSA) is 115 Å². The van der Waals surface area contributed by atoms with E-state index in [9.17, 15) is 18.0 Å². The van der Waals surface area contributed by atoms with Gasteiger partial charge in [-0.15, -0.1) is 0 Å². The molecule has 42 heavy (non-hydrogen) atoms. The molecule has 1 aromatic heterocycles. The van der Waals surface area contributed by atoms with E-state index in [0.717, 1.165) is 22.6 Å². The van der Waals surface area contributed by atoms with Crippen LogP contribution in [0.25, 0.3) is 10.8 Å². The van der Waals surface area contributed by atoms with Crippen molar-refractivity contribution in [2.45, 2.75) is 37.1 Å². The van der Waals surface area contributed by atoms with Crippen LogP contribution in [0.15, 0.2) is 72.1 Å². The first kappa shape index (κ1) is 31.0. The largest absolute Gasteiger partial charge is 0.377 e. The van der Waals surface area contributed by atoms with Gasteiger partial charge in [-0.2, -0.15) is 4.72 Å². The summed E-state index contributed by atoms with van der Waals surface area (Å²) >= 11 is 0. The van der Waals surface area contributed by atoms with Crippen molar-refractivity contribution in [1.82, 2.24) is 19.9 Å². The number of sulfonamides is 1. The van der Waals surface area contributed by atoms with Gasteiger partial charge in [-0.05, 0) is 56.5 Å². The van der Waals surface area contributed by atoms with E-state index in [-0.39, 0.29) is 16.7 Å². The van der Waals surface area contributed by atoms with Gasteiger partial charge in [-0.25, -0.2) is 13.4 Å². The van der Waals surface area contributed by atoms with Gasteiger partial charge in [0, 0.05) is 69.0 Å². The number of nitrogens with one attached hydrogen (secondary N) is 2. The molecule has 10 nitrogen and oxygen atoms in total. The summed E-state index contributed by atoms with van der Waals surface area (Å²) in [5.74, 6) is 0.353. The number of rotatable bonds is 12. The molecule has 0 bridgehead atoms. The summed E-state index contributed by atoms with van der Waals surface area (Å²) in [7, 11) is -0.227. The molecule has 0 unspecified atom stereocenters. The Morgan fingerprint density at radius 2 is 1.69 bits per heavy atom.